The molecule has 1 saturated heterocycles. The topological polar surface area (TPSA) is 84.7 Å². The maximum Gasteiger partial charge on any atom is 0.224 e. The monoisotopic (exact) mass is 409 g/mol. The van der Waals surface area contributed by atoms with Crippen LogP contribution in [0.1, 0.15) is 36.8 Å². The Morgan fingerprint density at radius 3 is 2.47 bits per heavy atom. The van der Waals surface area contributed by atoms with E-state index in [2.05, 4.69) is 10.2 Å². The zero-order chi connectivity index (χ0) is 21.3. The molecule has 1 heterocycles. The van der Waals surface area contributed by atoms with Crippen LogP contribution in [0.2, 0.25) is 0 Å². The Labute approximate surface area is 178 Å². The van der Waals surface area contributed by atoms with E-state index in [-0.39, 0.29) is 17.7 Å². The van der Waals surface area contributed by atoms with E-state index in [0.717, 1.165) is 62.3 Å². The van der Waals surface area contributed by atoms with Gasteiger partial charge in [0.2, 0.25) is 11.8 Å². The minimum absolute atomic E-state index is 0.0246. The predicted molar refractivity (Wildman–Crippen MR) is 118 cm³/mol. The highest BCUT2D eigenvalue weighted by atomic mass is 16.5. The molecule has 0 saturated carbocycles. The number of primary amides is 1. The molecular weight excluding hydrogens is 378 g/mol. The summed E-state index contributed by atoms with van der Waals surface area (Å²) in [5.41, 5.74) is 8.63. The minimum Gasteiger partial charge on any atom is -0.497 e. The van der Waals surface area contributed by atoms with Crippen LogP contribution in [-0.4, -0.2) is 36.9 Å². The Kier molecular flexibility index (Phi) is 7.85. The highest BCUT2D eigenvalue weighted by molar-refractivity contribution is 5.90. The fourth-order valence-corrected chi connectivity index (χ4v) is 3.85. The number of piperidine rings is 1. The summed E-state index contributed by atoms with van der Waals surface area (Å²) in [4.78, 5) is 25.9. The lowest BCUT2D eigenvalue weighted by Gasteiger charge is -2.31. The van der Waals surface area contributed by atoms with Gasteiger partial charge < -0.3 is 15.8 Å². The van der Waals surface area contributed by atoms with E-state index in [1.807, 2.05) is 48.5 Å². The second-order valence-electron chi connectivity index (χ2n) is 7.92. The molecule has 6 nitrogen and oxygen atoms in total. The maximum absolute atomic E-state index is 12.2. The molecule has 1 aliphatic heterocycles. The van der Waals surface area contributed by atoms with Crippen LogP contribution in [-0.2, 0) is 22.6 Å². The molecule has 0 aliphatic carbocycles. The molecule has 3 N–H and O–H groups in total. The highest BCUT2D eigenvalue weighted by Crippen LogP contribution is 2.19. The number of rotatable bonds is 9. The van der Waals surface area contributed by atoms with E-state index in [1.54, 1.807) is 7.11 Å². The average Bonchev–Trinajstić information content (AvgIpc) is 2.76. The van der Waals surface area contributed by atoms with Crippen molar-refractivity contribution in [1.82, 2.24) is 4.90 Å². The van der Waals surface area contributed by atoms with Crippen LogP contribution in [0.4, 0.5) is 5.69 Å². The van der Waals surface area contributed by atoms with Crippen molar-refractivity contribution in [2.45, 2.75) is 38.6 Å². The second-order valence-corrected chi connectivity index (χ2v) is 7.92. The van der Waals surface area contributed by atoms with E-state index in [1.165, 1.54) is 5.56 Å². The number of methoxy groups -OCH3 is 1. The molecule has 0 spiro atoms. The van der Waals surface area contributed by atoms with Crippen molar-refractivity contribution in [3.63, 3.8) is 0 Å². The van der Waals surface area contributed by atoms with E-state index < -0.39 is 0 Å². The third-order valence-electron chi connectivity index (χ3n) is 5.58. The number of amides is 2. The normalized spacial score (nSPS) is 16.8. The Hall–Kier alpha value is -2.86. The van der Waals surface area contributed by atoms with Gasteiger partial charge in [-0.2, -0.15) is 0 Å². The molecule has 1 atom stereocenters. The average molecular weight is 410 g/mol. The molecule has 30 heavy (non-hydrogen) atoms. The molecule has 0 bridgehead atoms. The number of benzene rings is 2. The Morgan fingerprint density at radius 1 is 1.10 bits per heavy atom. The van der Waals surface area contributed by atoms with Crippen molar-refractivity contribution < 1.29 is 14.3 Å². The number of hydrogen-bond acceptors (Lipinski definition) is 4. The molecule has 0 radical (unpaired) electrons. The minimum atomic E-state index is -0.204. The molecule has 160 valence electrons. The number of nitrogens with two attached hydrogens (primary N) is 1. The van der Waals surface area contributed by atoms with Crippen molar-refractivity contribution in [2.75, 3.05) is 25.5 Å². The zero-order valence-electron chi connectivity index (χ0n) is 17.6. The first-order chi connectivity index (χ1) is 14.5. The summed E-state index contributed by atoms with van der Waals surface area (Å²) in [6, 6.07) is 15.9. The summed E-state index contributed by atoms with van der Waals surface area (Å²) in [7, 11) is 1.65. The molecule has 6 heteroatoms. The van der Waals surface area contributed by atoms with Gasteiger partial charge in [-0.05, 0) is 67.6 Å². The third-order valence-corrected chi connectivity index (χ3v) is 5.58. The predicted octanol–water partition coefficient (Wildman–Crippen LogP) is 3.35. The van der Waals surface area contributed by atoms with Crippen LogP contribution >= 0.6 is 0 Å². The Bertz CT molecular complexity index is 834. The van der Waals surface area contributed by atoms with Crippen LogP contribution < -0.4 is 15.8 Å². The summed E-state index contributed by atoms with van der Waals surface area (Å²) in [6.07, 6.45) is 4.02. The standard InChI is InChI=1S/C24H31N3O3/c1-30-22-13-9-18(10-14-22)4-2-6-23(28)26-21-11-7-19(8-12-21)16-27-15-3-5-20(17-27)24(25)29/h7-14,20H,2-6,15-17H2,1H3,(H2,25,29)(H,26,28). The summed E-state index contributed by atoms with van der Waals surface area (Å²) in [5.74, 6) is 0.615. The van der Waals surface area contributed by atoms with Crippen LogP contribution in [0.15, 0.2) is 48.5 Å². The van der Waals surface area contributed by atoms with Gasteiger partial charge in [0.15, 0.2) is 0 Å². The van der Waals surface area contributed by atoms with Crippen molar-refractivity contribution in [1.29, 1.82) is 0 Å². The van der Waals surface area contributed by atoms with Gasteiger partial charge in [0, 0.05) is 25.2 Å². The number of aryl methyl sites for hydroxylation is 1. The fourth-order valence-electron chi connectivity index (χ4n) is 3.85. The van der Waals surface area contributed by atoms with E-state index in [9.17, 15) is 9.59 Å². The van der Waals surface area contributed by atoms with Crippen molar-refractivity contribution in [3.05, 3.63) is 59.7 Å². The van der Waals surface area contributed by atoms with Crippen molar-refractivity contribution in [2.24, 2.45) is 11.7 Å². The number of ether oxygens (including phenoxy) is 1. The lowest BCUT2D eigenvalue weighted by Crippen LogP contribution is -2.40. The maximum atomic E-state index is 12.2. The lowest BCUT2D eigenvalue weighted by atomic mass is 9.97. The van der Waals surface area contributed by atoms with Gasteiger partial charge in [-0.1, -0.05) is 24.3 Å². The first-order valence-corrected chi connectivity index (χ1v) is 10.6. The molecule has 2 aromatic carbocycles. The molecule has 0 aromatic heterocycles. The number of hydrogen-bond donors (Lipinski definition) is 2. The van der Waals surface area contributed by atoms with Crippen LogP contribution in [0.5, 0.6) is 5.75 Å². The van der Waals surface area contributed by atoms with Crippen LogP contribution in [0.25, 0.3) is 0 Å². The number of nitrogens with one attached hydrogen (secondary N) is 1. The van der Waals surface area contributed by atoms with E-state index >= 15 is 0 Å². The fraction of sp³-hybridized carbons (Fsp3) is 0.417. The largest absolute Gasteiger partial charge is 0.497 e. The molecular formula is C24H31N3O3. The van der Waals surface area contributed by atoms with Gasteiger partial charge in [0.1, 0.15) is 5.75 Å². The van der Waals surface area contributed by atoms with Gasteiger partial charge >= 0.3 is 0 Å². The molecule has 1 fully saturated rings. The van der Waals surface area contributed by atoms with Gasteiger partial charge in [-0.25, -0.2) is 0 Å². The number of carbonyl (C=O) groups is 2. The van der Waals surface area contributed by atoms with E-state index in [4.69, 9.17) is 10.5 Å². The van der Waals surface area contributed by atoms with Gasteiger partial charge in [-0.3, -0.25) is 14.5 Å². The van der Waals surface area contributed by atoms with Crippen LogP contribution in [0, 0.1) is 5.92 Å². The first kappa shape index (κ1) is 21.8. The molecule has 1 aliphatic rings. The van der Waals surface area contributed by atoms with E-state index in [0.29, 0.717) is 6.42 Å². The summed E-state index contributed by atoms with van der Waals surface area (Å²) >= 11 is 0. The Morgan fingerprint density at radius 2 is 1.80 bits per heavy atom. The molecule has 3 rings (SSSR count). The smallest absolute Gasteiger partial charge is 0.224 e. The summed E-state index contributed by atoms with van der Waals surface area (Å²) < 4.78 is 5.16. The number of nitrogens with zero attached hydrogens (tertiary/aromatic N) is 1. The van der Waals surface area contributed by atoms with Crippen molar-refractivity contribution >= 4 is 17.5 Å². The SMILES string of the molecule is COc1ccc(CCCC(=O)Nc2ccc(CN3CCCC(C(N)=O)C3)cc2)cc1. The molecule has 2 aromatic rings. The second kappa shape index (κ2) is 10.8. The third kappa shape index (κ3) is 6.59. The summed E-state index contributed by atoms with van der Waals surface area (Å²) in [6.45, 7) is 2.50. The quantitative estimate of drug-likeness (QED) is 0.665. The number of likely N-dealkylation sites (tertiary alicyclic amines) is 1. The zero-order valence-corrected chi connectivity index (χ0v) is 17.6. The first-order valence-electron chi connectivity index (χ1n) is 10.6. The highest BCUT2D eigenvalue weighted by Gasteiger charge is 2.23. The number of carbonyl (C=O) groups excluding carboxylic acids is 2. The van der Waals surface area contributed by atoms with Crippen molar-refractivity contribution in [3.8, 4) is 5.75 Å². The van der Waals surface area contributed by atoms with Gasteiger partial charge in [-0.15, -0.1) is 0 Å². The number of anilines is 1. The van der Waals surface area contributed by atoms with Gasteiger partial charge in [0.25, 0.3) is 0 Å². The lowest BCUT2D eigenvalue weighted by molar-refractivity contribution is -0.123. The molecule has 1 unspecified atom stereocenters. The van der Waals surface area contributed by atoms with Gasteiger partial charge in [0.05, 0.1) is 13.0 Å². The summed E-state index contributed by atoms with van der Waals surface area (Å²) in [5, 5.41) is 2.97. The Balaban J connectivity index is 1.41. The molecule has 2 amide bonds. The van der Waals surface area contributed by atoms with Crippen LogP contribution in [0.3, 0.4) is 0 Å².